The number of thioether (sulfide) groups is 1. The number of aromatic nitrogens is 1. The van der Waals surface area contributed by atoms with Crippen molar-refractivity contribution in [1.29, 1.82) is 0 Å². The van der Waals surface area contributed by atoms with Crippen molar-refractivity contribution < 1.29 is 0 Å². The topological polar surface area (TPSA) is 42.1 Å². The second-order valence-corrected chi connectivity index (χ2v) is 5.50. The number of nitrogens with two attached hydrogens (primary N) is 1. The maximum atomic E-state index is 5.79. The van der Waals surface area contributed by atoms with Crippen LogP contribution in [0.5, 0.6) is 0 Å². The fourth-order valence-electron chi connectivity index (χ4n) is 1.95. The van der Waals surface area contributed by atoms with Crippen molar-refractivity contribution in [3.05, 3.63) is 24.0 Å². The number of nitrogens with zero attached hydrogens (tertiary/aromatic N) is 2. The molecule has 2 atom stereocenters. The van der Waals surface area contributed by atoms with Crippen LogP contribution in [0.4, 0.5) is 5.69 Å². The maximum absolute atomic E-state index is 5.79. The number of anilines is 1. The predicted molar refractivity (Wildman–Crippen MR) is 71.0 cm³/mol. The van der Waals surface area contributed by atoms with Crippen LogP contribution < -0.4 is 10.6 Å². The van der Waals surface area contributed by atoms with Crippen molar-refractivity contribution in [3.63, 3.8) is 0 Å². The van der Waals surface area contributed by atoms with Crippen LogP contribution in [0.1, 0.15) is 25.6 Å². The van der Waals surface area contributed by atoms with E-state index in [1.807, 2.05) is 30.9 Å². The molecule has 2 unspecified atom stereocenters. The molecule has 0 spiro atoms. The van der Waals surface area contributed by atoms with Gasteiger partial charge in [-0.1, -0.05) is 0 Å². The van der Waals surface area contributed by atoms with Crippen LogP contribution in [-0.2, 0) is 0 Å². The molecule has 88 valence electrons. The molecule has 2 rings (SSSR count). The zero-order valence-electron chi connectivity index (χ0n) is 9.89. The Morgan fingerprint density at radius 3 is 2.94 bits per heavy atom. The average molecular weight is 237 g/mol. The van der Waals surface area contributed by atoms with Gasteiger partial charge in [-0.3, -0.25) is 4.98 Å². The summed E-state index contributed by atoms with van der Waals surface area (Å²) in [7, 11) is 0. The van der Waals surface area contributed by atoms with Gasteiger partial charge >= 0.3 is 0 Å². The molecule has 16 heavy (non-hydrogen) atoms. The van der Waals surface area contributed by atoms with Crippen LogP contribution in [0.2, 0.25) is 0 Å². The van der Waals surface area contributed by atoms with Gasteiger partial charge in [-0.25, -0.2) is 0 Å². The van der Waals surface area contributed by atoms with E-state index in [1.165, 1.54) is 17.2 Å². The van der Waals surface area contributed by atoms with E-state index in [4.69, 9.17) is 5.73 Å². The second kappa shape index (κ2) is 5.06. The number of hydrogen-bond donors (Lipinski definition) is 1. The van der Waals surface area contributed by atoms with Gasteiger partial charge in [-0.2, -0.15) is 11.8 Å². The van der Waals surface area contributed by atoms with Crippen LogP contribution >= 0.6 is 11.8 Å². The highest BCUT2D eigenvalue weighted by atomic mass is 32.2. The van der Waals surface area contributed by atoms with E-state index < -0.39 is 0 Å². The van der Waals surface area contributed by atoms with Crippen molar-refractivity contribution in [3.8, 4) is 0 Å². The average Bonchev–Trinajstić information content (AvgIpc) is 2.30. The lowest BCUT2D eigenvalue weighted by Crippen LogP contribution is -2.40. The minimum absolute atomic E-state index is 0.0170. The predicted octanol–water partition coefficient (Wildman–Crippen LogP) is 2.04. The number of hydrogen-bond acceptors (Lipinski definition) is 4. The summed E-state index contributed by atoms with van der Waals surface area (Å²) in [5.74, 6) is 2.41. The van der Waals surface area contributed by atoms with Gasteiger partial charge < -0.3 is 10.6 Å². The molecule has 1 fully saturated rings. The summed E-state index contributed by atoms with van der Waals surface area (Å²) in [6.45, 7) is 5.35. The van der Waals surface area contributed by atoms with Crippen molar-refractivity contribution in [2.45, 2.75) is 25.9 Å². The monoisotopic (exact) mass is 237 g/mol. The second-order valence-electron chi connectivity index (χ2n) is 4.35. The normalized spacial score (nSPS) is 23.2. The summed E-state index contributed by atoms with van der Waals surface area (Å²) in [6.07, 6.45) is 1.95. The summed E-state index contributed by atoms with van der Waals surface area (Å²) in [5, 5.41) is 0. The minimum Gasteiger partial charge on any atom is -0.366 e. The van der Waals surface area contributed by atoms with E-state index in [-0.39, 0.29) is 6.04 Å². The zero-order valence-corrected chi connectivity index (χ0v) is 10.7. The van der Waals surface area contributed by atoms with Gasteiger partial charge in [-0.05, 0) is 26.0 Å². The minimum atomic E-state index is 0.0170. The van der Waals surface area contributed by atoms with Crippen LogP contribution in [0.3, 0.4) is 0 Å². The highest BCUT2D eigenvalue weighted by Crippen LogP contribution is 2.23. The first-order chi connectivity index (χ1) is 7.68. The van der Waals surface area contributed by atoms with Gasteiger partial charge in [-0.15, -0.1) is 0 Å². The van der Waals surface area contributed by atoms with E-state index in [0.29, 0.717) is 6.04 Å². The lowest BCUT2D eigenvalue weighted by atomic mass is 10.2. The molecule has 4 heteroatoms. The molecule has 2 N–H and O–H groups in total. The highest BCUT2D eigenvalue weighted by Gasteiger charge is 2.19. The first-order valence-electron chi connectivity index (χ1n) is 5.74. The Balaban J connectivity index is 2.14. The Kier molecular flexibility index (Phi) is 3.71. The van der Waals surface area contributed by atoms with Crippen LogP contribution in [0.25, 0.3) is 0 Å². The van der Waals surface area contributed by atoms with Gasteiger partial charge in [0.2, 0.25) is 0 Å². The van der Waals surface area contributed by atoms with Gasteiger partial charge in [0.25, 0.3) is 0 Å². The van der Waals surface area contributed by atoms with E-state index in [9.17, 15) is 0 Å². The van der Waals surface area contributed by atoms with E-state index >= 15 is 0 Å². The number of pyridine rings is 1. The summed E-state index contributed by atoms with van der Waals surface area (Å²) in [5.41, 5.74) is 7.97. The van der Waals surface area contributed by atoms with Crippen molar-refractivity contribution in [1.82, 2.24) is 4.98 Å². The van der Waals surface area contributed by atoms with E-state index in [2.05, 4.69) is 22.9 Å². The molecule has 0 aliphatic carbocycles. The van der Waals surface area contributed by atoms with Crippen molar-refractivity contribution in [2.75, 3.05) is 23.0 Å². The van der Waals surface area contributed by atoms with Crippen LogP contribution in [0, 0.1) is 0 Å². The fraction of sp³-hybridized carbons (Fsp3) is 0.583. The molecule has 2 heterocycles. The SMILES string of the molecule is CC(N)c1ccc(N2CCSCC2C)cn1. The lowest BCUT2D eigenvalue weighted by Gasteiger charge is -2.34. The molecule has 0 amide bonds. The molecule has 1 aliphatic rings. The molecule has 0 aromatic carbocycles. The van der Waals surface area contributed by atoms with Crippen LogP contribution in [0.15, 0.2) is 18.3 Å². The summed E-state index contributed by atoms with van der Waals surface area (Å²) in [6, 6.07) is 4.79. The first kappa shape index (κ1) is 11.7. The molecule has 1 aliphatic heterocycles. The third-order valence-corrected chi connectivity index (χ3v) is 4.13. The number of rotatable bonds is 2. The standard InChI is InChI=1S/C12H19N3S/c1-9-8-16-6-5-15(9)11-3-4-12(10(2)13)14-7-11/h3-4,7,9-10H,5-6,8,13H2,1-2H3. The van der Waals surface area contributed by atoms with Crippen LogP contribution in [-0.4, -0.2) is 29.1 Å². The maximum Gasteiger partial charge on any atom is 0.0569 e. The third-order valence-electron chi connectivity index (χ3n) is 2.94. The van der Waals surface area contributed by atoms with Crippen molar-refractivity contribution >= 4 is 17.4 Å². The first-order valence-corrected chi connectivity index (χ1v) is 6.90. The smallest absolute Gasteiger partial charge is 0.0569 e. The molecule has 1 aromatic heterocycles. The Bertz CT molecular complexity index is 337. The third kappa shape index (κ3) is 2.50. The summed E-state index contributed by atoms with van der Waals surface area (Å²) < 4.78 is 0. The lowest BCUT2D eigenvalue weighted by molar-refractivity contribution is 0.696. The van der Waals surface area contributed by atoms with Crippen molar-refractivity contribution in [2.24, 2.45) is 5.73 Å². The van der Waals surface area contributed by atoms with Gasteiger partial charge in [0.1, 0.15) is 0 Å². The Labute approximate surface area is 101 Å². The fourth-order valence-corrected chi connectivity index (χ4v) is 2.96. The molecular weight excluding hydrogens is 218 g/mol. The Morgan fingerprint density at radius 2 is 2.38 bits per heavy atom. The largest absolute Gasteiger partial charge is 0.366 e. The molecule has 3 nitrogen and oxygen atoms in total. The molecule has 1 saturated heterocycles. The summed E-state index contributed by atoms with van der Waals surface area (Å²) >= 11 is 2.03. The molecular formula is C12H19N3S. The molecule has 0 bridgehead atoms. The van der Waals surface area contributed by atoms with Gasteiger partial charge in [0, 0.05) is 30.1 Å². The van der Waals surface area contributed by atoms with E-state index in [1.54, 1.807) is 0 Å². The van der Waals surface area contributed by atoms with E-state index in [0.717, 1.165) is 12.2 Å². The van der Waals surface area contributed by atoms with Gasteiger partial charge in [0.15, 0.2) is 0 Å². The quantitative estimate of drug-likeness (QED) is 0.855. The Hall–Kier alpha value is -0.740. The molecule has 0 saturated carbocycles. The summed E-state index contributed by atoms with van der Waals surface area (Å²) in [4.78, 5) is 6.84. The molecule has 0 radical (unpaired) electrons. The zero-order chi connectivity index (χ0) is 11.5. The Morgan fingerprint density at radius 1 is 1.56 bits per heavy atom. The highest BCUT2D eigenvalue weighted by molar-refractivity contribution is 7.99. The van der Waals surface area contributed by atoms with Gasteiger partial charge in [0.05, 0.1) is 17.6 Å². The molecule has 1 aromatic rings.